The van der Waals surface area contributed by atoms with Crippen LogP contribution in [0, 0.1) is 0 Å². The number of amides is 2. The van der Waals surface area contributed by atoms with Crippen LogP contribution in [0.15, 0.2) is 78.4 Å². The first-order valence-corrected chi connectivity index (χ1v) is 17.2. The first-order chi connectivity index (χ1) is 23.3. The maximum Gasteiger partial charge on any atom is 0.278 e. The molecule has 2 heterocycles. The summed E-state index contributed by atoms with van der Waals surface area (Å²) in [5, 5.41) is 20.6. The third-order valence-electron chi connectivity index (χ3n) is 9.41. The molecule has 2 amide bonds. The van der Waals surface area contributed by atoms with Crippen LogP contribution in [0.3, 0.4) is 0 Å². The van der Waals surface area contributed by atoms with Gasteiger partial charge >= 0.3 is 0 Å². The van der Waals surface area contributed by atoms with Gasteiger partial charge in [-0.05, 0) is 84.2 Å². The van der Waals surface area contributed by atoms with Gasteiger partial charge in [-0.1, -0.05) is 83.8 Å². The molecule has 0 fully saturated rings. The predicted octanol–water partition coefficient (Wildman–Crippen LogP) is 8.77. The van der Waals surface area contributed by atoms with Crippen molar-refractivity contribution in [2.24, 2.45) is 5.10 Å². The van der Waals surface area contributed by atoms with Gasteiger partial charge in [-0.3, -0.25) is 9.59 Å². The minimum Gasteiger partial charge on any atom is -0.480 e. The molecule has 1 aromatic heterocycles. The molecule has 1 aliphatic rings. The number of hydrogen-bond donors (Lipinski definition) is 2. The standard InChI is InChI=1S/C37H43Cl2N7O3/c1-8-30(49-31-18-11-23(36(4,5)9-2)19-27(31)37(6,7)10-3)34(47)42-25-13-15-26(16-14-25)46-35(48)32(45-21-40-41-22-45)33(44-46)43-29-17-12-24(38)20-28(29)39/h11-22,30,32H,8-10H2,1-7H3,(H,42,47)(H,43,44). The number of carbonyl (C=O) groups is 2. The molecule has 0 saturated heterocycles. The summed E-state index contributed by atoms with van der Waals surface area (Å²) in [4.78, 5) is 27.2. The summed E-state index contributed by atoms with van der Waals surface area (Å²) in [6.07, 6.45) is 4.60. The maximum atomic E-state index is 13.7. The minimum absolute atomic E-state index is 0.0237. The maximum absolute atomic E-state index is 13.7. The Morgan fingerprint density at radius 3 is 2.20 bits per heavy atom. The molecule has 3 aromatic carbocycles. The molecular formula is C37H43Cl2N7O3. The van der Waals surface area contributed by atoms with E-state index >= 15 is 0 Å². The molecule has 12 heteroatoms. The summed E-state index contributed by atoms with van der Waals surface area (Å²) >= 11 is 12.5. The van der Waals surface area contributed by atoms with Gasteiger partial charge in [-0.2, -0.15) is 5.01 Å². The number of rotatable bonds is 12. The topological polar surface area (TPSA) is 114 Å². The van der Waals surface area contributed by atoms with E-state index in [0.717, 1.165) is 24.2 Å². The van der Waals surface area contributed by atoms with Crippen molar-refractivity contribution < 1.29 is 14.3 Å². The zero-order valence-electron chi connectivity index (χ0n) is 28.9. The fraction of sp³-hybridized carbons (Fsp3) is 0.378. The van der Waals surface area contributed by atoms with Gasteiger partial charge in [0.25, 0.3) is 11.8 Å². The average molecular weight is 705 g/mol. The lowest BCUT2D eigenvalue weighted by molar-refractivity contribution is -0.123. The summed E-state index contributed by atoms with van der Waals surface area (Å²) in [6.45, 7) is 15.2. The Morgan fingerprint density at radius 1 is 0.918 bits per heavy atom. The Balaban J connectivity index is 1.34. The number of nitrogens with one attached hydrogen (secondary N) is 2. The lowest BCUT2D eigenvalue weighted by Crippen LogP contribution is -2.33. The molecule has 1 aliphatic heterocycles. The van der Waals surface area contributed by atoms with E-state index in [1.807, 2.05) is 13.0 Å². The number of ether oxygens (including phenoxy) is 1. The lowest BCUT2D eigenvalue weighted by Gasteiger charge is -2.31. The molecule has 2 unspecified atom stereocenters. The van der Waals surface area contributed by atoms with Crippen LogP contribution in [0.1, 0.15) is 84.9 Å². The van der Waals surface area contributed by atoms with Gasteiger partial charge in [0.05, 0.1) is 16.4 Å². The number of hydrogen-bond acceptors (Lipinski definition) is 7. The molecule has 2 atom stereocenters. The second kappa shape index (κ2) is 14.6. The van der Waals surface area contributed by atoms with Crippen LogP contribution >= 0.6 is 23.2 Å². The fourth-order valence-electron chi connectivity index (χ4n) is 5.42. The van der Waals surface area contributed by atoms with E-state index < -0.39 is 12.1 Å². The van der Waals surface area contributed by atoms with Crippen LogP contribution in [0.4, 0.5) is 17.1 Å². The van der Waals surface area contributed by atoms with E-state index in [4.69, 9.17) is 27.9 Å². The Bertz CT molecular complexity index is 1840. The molecule has 0 radical (unpaired) electrons. The number of nitrogens with zero attached hydrogens (tertiary/aromatic N) is 5. The molecule has 2 N–H and O–H groups in total. The molecule has 0 bridgehead atoms. The number of aromatic nitrogens is 3. The van der Waals surface area contributed by atoms with E-state index in [-0.39, 0.29) is 22.6 Å². The van der Waals surface area contributed by atoms with Gasteiger partial charge in [0.15, 0.2) is 18.0 Å². The number of hydrazone groups is 1. The fourth-order valence-corrected chi connectivity index (χ4v) is 5.88. The summed E-state index contributed by atoms with van der Waals surface area (Å²) in [6, 6.07) is 17.4. The predicted molar refractivity (Wildman–Crippen MR) is 197 cm³/mol. The molecule has 49 heavy (non-hydrogen) atoms. The van der Waals surface area contributed by atoms with Crippen LogP contribution in [0.25, 0.3) is 0 Å². The zero-order valence-corrected chi connectivity index (χ0v) is 30.4. The lowest BCUT2D eigenvalue weighted by atomic mass is 9.76. The van der Waals surface area contributed by atoms with Gasteiger partial charge in [0.2, 0.25) is 0 Å². The normalized spacial score (nSPS) is 15.6. The van der Waals surface area contributed by atoms with Crippen LogP contribution < -0.4 is 20.4 Å². The van der Waals surface area contributed by atoms with Crippen LogP contribution in [-0.4, -0.2) is 38.5 Å². The smallest absolute Gasteiger partial charge is 0.278 e. The van der Waals surface area contributed by atoms with Crippen molar-refractivity contribution in [1.29, 1.82) is 0 Å². The van der Waals surface area contributed by atoms with Crippen molar-refractivity contribution in [3.05, 3.63) is 94.5 Å². The molecule has 0 aliphatic carbocycles. The van der Waals surface area contributed by atoms with Crippen LogP contribution in [-0.2, 0) is 20.4 Å². The van der Waals surface area contributed by atoms with Gasteiger partial charge in [-0.25, -0.2) is 0 Å². The van der Waals surface area contributed by atoms with Crippen molar-refractivity contribution in [3.63, 3.8) is 0 Å². The van der Waals surface area contributed by atoms with E-state index in [2.05, 4.69) is 79.6 Å². The number of amidine groups is 1. The second-order valence-electron chi connectivity index (χ2n) is 13.4. The van der Waals surface area contributed by atoms with Gasteiger partial charge in [-0.15, -0.1) is 15.3 Å². The summed E-state index contributed by atoms with van der Waals surface area (Å²) in [5.74, 6) is 0.453. The highest BCUT2D eigenvalue weighted by Crippen LogP contribution is 2.39. The van der Waals surface area contributed by atoms with Crippen molar-refractivity contribution in [3.8, 4) is 5.75 Å². The van der Waals surface area contributed by atoms with Gasteiger partial charge < -0.3 is 19.9 Å². The van der Waals surface area contributed by atoms with Crippen LogP contribution in [0.2, 0.25) is 10.0 Å². The molecule has 5 rings (SSSR count). The van der Waals surface area contributed by atoms with Crippen molar-refractivity contribution in [2.45, 2.75) is 90.7 Å². The molecule has 258 valence electrons. The van der Waals surface area contributed by atoms with E-state index in [9.17, 15) is 9.59 Å². The second-order valence-corrected chi connectivity index (χ2v) is 14.3. The zero-order chi connectivity index (χ0) is 35.5. The average Bonchev–Trinajstić information content (AvgIpc) is 3.72. The van der Waals surface area contributed by atoms with Crippen molar-refractivity contribution >= 4 is 57.9 Å². The van der Waals surface area contributed by atoms with Crippen LogP contribution in [0.5, 0.6) is 5.75 Å². The van der Waals surface area contributed by atoms with Crippen molar-refractivity contribution in [1.82, 2.24) is 14.8 Å². The summed E-state index contributed by atoms with van der Waals surface area (Å²) in [7, 11) is 0. The van der Waals surface area contributed by atoms with E-state index in [1.54, 1.807) is 47.0 Å². The summed E-state index contributed by atoms with van der Waals surface area (Å²) in [5.41, 5.74) is 3.83. The third kappa shape index (κ3) is 7.76. The first kappa shape index (κ1) is 35.9. The molecule has 10 nitrogen and oxygen atoms in total. The molecular weight excluding hydrogens is 661 g/mol. The largest absolute Gasteiger partial charge is 0.480 e. The number of carbonyl (C=O) groups excluding carboxylic acids is 2. The van der Waals surface area contributed by atoms with E-state index in [0.29, 0.717) is 39.4 Å². The number of halogens is 2. The summed E-state index contributed by atoms with van der Waals surface area (Å²) < 4.78 is 8.00. The third-order valence-corrected chi connectivity index (χ3v) is 9.96. The van der Waals surface area contributed by atoms with Gasteiger partial charge in [0, 0.05) is 16.3 Å². The molecule has 0 saturated carbocycles. The highest BCUT2D eigenvalue weighted by atomic mass is 35.5. The Morgan fingerprint density at radius 2 is 1.59 bits per heavy atom. The Kier molecular flexibility index (Phi) is 10.7. The highest BCUT2D eigenvalue weighted by Gasteiger charge is 2.39. The van der Waals surface area contributed by atoms with E-state index in [1.165, 1.54) is 23.2 Å². The minimum atomic E-state index is -0.853. The van der Waals surface area contributed by atoms with Crippen molar-refractivity contribution in [2.75, 3.05) is 15.6 Å². The molecule has 0 spiro atoms. The first-order valence-electron chi connectivity index (χ1n) is 16.5. The number of anilines is 3. The number of benzene rings is 3. The molecule has 4 aromatic rings. The monoisotopic (exact) mass is 703 g/mol. The SMILES string of the molecule is CCC(Oc1ccc(C(C)(C)CC)cc1C(C)(C)CC)C(=O)Nc1ccc(N2N=C(Nc3ccc(Cl)cc3Cl)C(n3cnnc3)C2=O)cc1. The highest BCUT2D eigenvalue weighted by molar-refractivity contribution is 6.37. The van der Waals surface area contributed by atoms with Gasteiger partial charge in [0.1, 0.15) is 18.4 Å². The quantitative estimate of drug-likeness (QED) is 0.153. The Hall–Kier alpha value is -4.41. The Labute approximate surface area is 297 Å².